The maximum atomic E-state index is 12.8. The lowest BCUT2D eigenvalue weighted by Crippen LogP contribution is -2.25. The molecular weight excluding hydrogens is 333 g/mol. The molecule has 0 aliphatic heterocycles. The smallest absolute Gasteiger partial charge is 0.417 e. The van der Waals surface area contributed by atoms with E-state index in [-0.39, 0.29) is 12.2 Å². The molecule has 2 aromatic carbocycles. The average Bonchev–Trinajstić information content (AvgIpc) is 2.56. The quantitative estimate of drug-likeness (QED) is 0.658. The van der Waals surface area contributed by atoms with Gasteiger partial charge in [0.15, 0.2) is 6.61 Å². The molecule has 0 spiro atoms. The van der Waals surface area contributed by atoms with Crippen LogP contribution in [0, 0.1) is 13.8 Å². The van der Waals surface area contributed by atoms with Gasteiger partial charge >= 0.3 is 6.18 Å². The molecule has 1 amide bonds. The van der Waals surface area contributed by atoms with E-state index in [9.17, 15) is 18.0 Å². The number of nitrogens with zero attached hydrogens (tertiary/aromatic N) is 1. The highest BCUT2D eigenvalue weighted by molar-refractivity contribution is 5.84. The van der Waals surface area contributed by atoms with Crippen molar-refractivity contribution in [2.75, 3.05) is 6.61 Å². The van der Waals surface area contributed by atoms with E-state index in [0.29, 0.717) is 5.75 Å². The van der Waals surface area contributed by atoms with Crippen LogP contribution in [-0.4, -0.2) is 18.7 Å². The van der Waals surface area contributed by atoms with Gasteiger partial charge < -0.3 is 4.74 Å². The standard InChI is InChI=1S/C18H17F3N2O2/c1-12-6-5-9-16(13(12)2)25-11-17(24)23-22-10-14-7-3-4-8-15(14)18(19,20)21/h3-10H,11H2,1-2H3,(H,23,24)/b22-10+. The third kappa shape index (κ3) is 5.07. The van der Waals surface area contributed by atoms with Crippen LogP contribution in [-0.2, 0) is 11.0 Å². The van der Waals surface area contributed by atoms with Crippen molar-refractivity contribution in [3.05, 3.63) is 64.7 Å². The summed E-state index contributed by atoms with van der Waals surface area (Å²) in [5.74, 6) is 0.00296. The molecule has 0 aromatic heterocycles. The molecule has 0 bridgehead atoms. The summed E-state index contributed by atoms with van der Waals surface area (Å²) in [7, 11) is 0. The lowest BCUT2D eigenvalue weighted by molar-refractivity contribution is -0.137. The van der Waals surface area contributed by atoms with Crippen LogP contribution in [0.15, 0.2) is 47.6 Å². The van der Waals surface area contributed by atoms with Gasteiger partial charge in [-0.15, -0.1) is 0 Å². The third-order valence-corrected chi connectivity index (χ3v) is 3.57. The number of rotatable bonds is 5. The van der Waals surface area contributed by atoms with Crippen molar-refractivity contribution in [1.29, 1.82) is 0 Å². The van der Waals surface area contributed by atoms with Crippen LogP contribution in [0.4, 0.5) is 13.2 Å². The largest absolute Gasteiger partial charge is 0.483 e. The van der Waals surface area contributed by atoms with Crippen molar-refractivity contribution in [3.63, 3.8) is 0 Å². The monoisotopic (exact) mass is 350 g/mol. The number of amides is 1. The predicted molar refractivity (Wildman–Crippen MR) is 88.6 cm³/mol. The molecule has 0 aliphatic rings. The number of benzene rings is 2. The van der Waals surface area contributed by atoms with Crippen LogP contribution in [0.25, 0.3) is 0 Å². The minimum Gasteiger partial charge on any atom is -0.483 e. The van der Waals surface area contributed by atoms with E-state index in [4.69, 9.17) is 4.74 Å². The maximum Gasteiger partial charge on any atom is 0.417 e. The van der Waals surface area contributed by atoms with E-state index in [1.54, 1.807) is 6.07 Å². The van der Waals surface area contributed by atoms with Crippen molar-refractivity contribution in [3.8, 4) is 5.75 Å². The number of hydrogen-bond donors (Lipinski definition) is 1. The zero-order valence-electron chi connectivity index (χ0n) is 13.7. The number of carbonyl (C=O) groups excluding carboxylic acids is 1. The number of hydrazone groups is 1. The van der Waals surface area contributed by atoms with E-state index in [1.165, 1.54) is 18.2 Å². The lowest BCUT2D eigenvalue weighted by Gasteiger charge is -2.10. The number of ether oxygens (including phenoxy) is 1. The Bertz CT molecular complexity index is 786. The summed E-state index contributed by atoms with van der Waals surface area (Å²) < 4.78 is 43.9. The summed E-state index contributed by atoms with van der Waals surface area (Å²) in [6, 6.07) is 10.4. The summed E-state index contributed by atoms with van der Waals surface area (Å²) in [5, 5.41) is 3.56. The molecule has 0 aliphatic carbocycles. The summed E-state index contributed by atoms with van der Waals surface area (Å²) in [4.78, 5) is 11.7. The highest BCUT2D eigenvalue weighted by atomic mass is 19.4. The minimum absolute atomic E-state index is 0.134. The number of halogens is 3. The fraction of sp³-hybridized carbons (Fsp3) is 0.222. The highest BCUT2D eigenvalue weighted by Gasteiger charge is 2.32. The second kappa shape index (κ2) is 7.83. The first kappa shape index (κ1) is 18.5. The van der Waals surface area contributed by atoms with Gasteiger partial charge in [0.05, 0.1) is 11.8 Å². The molecule has 0 heterocycles. The van der Waals surface area contributed by atoms with Gasteiger partial charge in [0.25, 0.3) is 5.91 Å². The van der Waals surface area contributed by atoms with Gasteiger partial charge in [0.1, 0.15) is 5.75 Å². The first-order valence-electron chi connectivity index (χ1n) is 7.46. The SMILES string of the molecule is Cc1cccc(OCC(=O)N/N=C/c2ccccc2C(F)(F)F)c1C. The zero-order valence-corrected chi connectivity index (χ0v) is 13.7. The molecular formula is C18H17F3N2O2. The molecule has 4 nitrogen and oxygen atoms in total. The van der Waals surface area contributed by atoms with Crippen molar-refractivity contribution >= 4 is 12.1 Å². The molecule has 2 aromatic rings. The molecule has 132 valence electrons. The minimum atomic E-state index is -4.49. The fourth-order valence-corrected chi connectivity index (χ4v) is 2.10. The highest BCUT2D eigenvalue weighted by Crippen LogP contribution is 2.31. The second-order valence-corrected chi connectivity index (χ2v) is 5.36. The van der Waals surface area contributed by atoms with Gasteiger partial charge in [-0.3, -0.25) is 4.79 Å². The molecule has 0 radical (unpaired) electrons. The van der Waals surface area contributed by atoms with Crippen LogP contribution in [0.1, 0.15) is 22.3 Å². The number of carbonyl (C=O) groups is 1. The van der Waals surface area contributed by atoms with E-state index >= 15 is 0 Å². The summed E-state index contributed by atoms with van der Waals surface area (Å²) in [6.45, 7) is 3.50. The lowest BCUT2D eigenvalue weighted by atomic mass is 10.1. The Morgan fingerprint density at radius 2 is 1.88 bits per heavy atom. The number of nitrogens with one attached hydrogen (secondary N) is 1. The van der Waals surface area contributed by atoms with E-state index in [2.05, 4.69) is 10.5 Å². The Morgan fingerprint density at radius 1 is 1.16 bits per heavy atom. The maximum absolute atomic E-state index is 12.8. The van der Waals surface area contributed by atoms with Crippen molar-refractivity contribution < 1.29 is 22.7 Å². The van der Waals surface area contributed by atoms with E-state index in [0.717, 1.165) is 23.4 Å². The Labute approximate surface area is 143 Å². The molecule has 7 heteroatoms. The van der Waals surface area contributed by atoms with Gasteiger partial charge in [-0.1, -0.05) is 30.3 Å². The molecule has 0 atom stereocenters. The Balaban J connectivity index is 1.94. The summed E-state index contributed by atoms with van der Waals surface area (Å²) >= 11 is 0. The van der Waals surface area contributed by atoms with E-state index < -0.39 is 17.6 Å². The number of hydrogen-bond acceptors (Lipinski definition) is 3. The van der Waals surface area contributed by atoms with Crippen LogP contribution in [0.3, 0.4) is 0 Å². The number of alkyl halides is 3. The predicted octanol–water partition coefficient (Wildman–Crippen LogP) is 3.85. The first-order valence-corrected chi connectivity index (χ1v) is 7.46. The molecule has 0 unspecified atom stereocenters. The molecule has 0 saturated carbocycles. The summed E-state index contributed by atoms with van der Waals surface area (Å²) in [6.07, 6.45) is -3.53. The normalized spacial score (nSPS) is 11.6. The second-order valence-electron chi connectivity index (χ2n) is 5.36. The van der Waals surface area contributed by atoms with Crippen LogP contribution < -0.4 is 10.2 Å². The van der Waals surface area contributed by atoms with Gasteiger partial charge in [-0.05, 0) is 37.1 Å². The van der Waals surface area contributed by atoms with Crippen LogP contribution >= 0.6 is 0 Å². The molecule has 2 rings (SSSR count). The van der Waals surface area contributed by atoms with Gasteiger partial charge in [0, 0.05) is 5.56 Å². The molecule has 1 N–H and O–H groups in total. The molecule has 0 saturated heterocycles. The zero-order chi connectivity index (χ0) is 18.4. The third-order valence-electron chi connectivity index (χ3n) is 3.57. The molecule has 0 fully saturated rings. The molecule has 25 heavy (non-hydrogen) atoms. The summed E-state index contributed by atoms with van der Waals surface area (Å²) in [5.41, 5.74) is 3.14. The van der Waals surface area contributed by atoms with Crippen molar-refractivity contribution in [2.24, 2.45) is 5.10 Å². The van der Waals surface area contributed by atoms with Crippen molar-refractivity contribution in [2.45, 2.75) is 20.0 Å². The van der Waals surface area contributed by atoms with Crippen LogP contribution in [0.5, 0.6) is 5.75 Å². The topological polar surface area (TPSA) is 50.7 Å². The van der Waals surface area contributed by atoms with Crippen LogP contribution in [0.2, 0.25) is 0 Å². The van der Waals surface area contributed by atoms with Gasteiger partial charge in [-0.25, -0.2) is 5.43 Å². The Morgan fingerprint density at radius 3 is 2.60 bits per heavy atom. The van der Waals surface area contributed by atoms with E-state index in [1.807, 2.05) is 26.0 Å². The van der Waals surface area contributed by atoms with Gasteiger partial charge in [0.2, 0.25) is 0 Å². The Hall–Kier alpha value is -2.83. The first-order chi connectivity index (χ1) is 11.8. The van der Waals surface area contributed by atoms with Crippen molar-refractivity contribution in [1.82, 2.24) is 5.43 Å². The fourth-order valence-electron chi connectivity index (χ4n) is 2.10. The Kier molecular flexibility index (Phi) is 5.80. The van der Waals surface area contributed by atoms with Gasteiger partial charge in [-0.2, -0.15) is 18.3 Å². The number of aryl methyl sites for hydroxylation is 1. The average molecular weight is 350 g/mol.